The van der Waals surface area contributed by atoms with Crippen LogP contribution in [0.3, 0.4) is 0 Å². The lowest BCUT2D eigenvalue weighted by Crippen LogP contribution is -2.44. The van der Waals surface area contributed by atoms with Crippen molar-refractivity contribution in [3.8, 4) is 5.75 Å². The number of thioether (sulfide) groups is 1. The van der Waals surface area contributed by atoms with Gasteiger partial charge in [-0.3, -0.25) is 9.78 Å². The molecule has 2 heterocycles. The number of carboxylic acid groups (broad SMARTS) is 1. The molecular formula is C23H31FN2O3S. The number of nitrogens with zero attached hydrogens (tertiary/aromatic N) is 2. The maximum Gasteiger partial charge on any atom is 0.308 e. The average Bonchev–Trinajstić information content (AvgIpc) is 2.77. The second kappa shape index (κ2) is 11.0. The quantitative estimate of drug-likeness (QED) is 0.542. The monoisotopic (exact) mass is 434 g/mol. The lowest BCUT2D eigenvalue weighted by molar-refractivity contribution is -0.146. The van der Waals surface area contributed by atoms with Crippen LogP contribution in [0.1, 0.15) is 37.9 Å². The van der Waals surface area contributed by atoms with Crippen LogP contribution in [-0.4, -0.2) is 59.2 Å². The van der Waals surface area contributed by atoms with E-state index in [1.807, 2.05) is 30.0 Å². The van der Waals surface area contributed by atoms with Gasteiger partial charge >= 0.3 is 5.97 Å². The Balaban J connectivity index is 1.64. The Morgan fingerprint density at radius 3 is 3.00 bits per heavy atom. The van der Waals surface area contributed by atoms with Gasteiger partial charge in [0.2, 0.25) is 0 Å². The van der Waals surface area contributed by atoms with Crippen molar-refractivity contribution in [2.45, 2.75) is 32.4 Å². The summed E-state index contributed by atoms with van der Waals surface area (Å²) < 4.78 is 20.5. The summed E-state index contributed by atoms with van der Waals surface area (Å²) in [6.45, 7) is 4.51. The van der Waals surface area contributed by atoms with E-state index in [0.29, 0.717) is 30.7 Å². The fourth-order valence-corrected chi connectivity index (χ4v) is 4.97. The number of alkyl halides is 1. The summed E-state index contributed by atoms with van der Waals surface area (Å²) in [7, 11) is 1.59. The van der Waals surface area contributed by atoms with Crippen LogP contribution in [0.5, 0.6) is 5.75 Å². The second-order valence-corrected chi connectivity index (χ2v) is 9.21. The van der Waals surface area contributed by atoms with Crippen LogP contribution in [-0.2, 0) is 4.79 Å². The highest BCUT2D eigenvalue weighted by Crippen LogP contribution is 2.35. The van der Waals surface area contributed by atoms with Gasteiger partial charge in [-0.2, -0.15) is 11.8 Å². The molecule has 1 N–H and O–H groups in total. The third kappa shape index (κ3) is 5.64. The van der Waals surface area contributed by atoms with Gasteiger partial charge in [-0.05, 0) is 67.3 Å². The molecule has 3 atom stereocenters. The number of benzene rings is 1. The van der Waals surface area contributed by atoms with Crippen LogP contribution < -0.4 is 4.74 Å². The van der Waals surface area contributed by atoms with E-state index in [2.05, 4.69) is 16.8 Å². The van der Waals surface area contributed by atoms with Crippen molar-refractivity contribution >= 4 is 28.6 Å². The van der Waals surface area contributed by atoms with Gasteiger partial charge in [0.15, 0.2) is 0 Å². The molecule has 1 aliphatic rings. The number of aromatic nitrogens is 1. The van der Waals surface area contributed by atoms with E-state index in [1.54, 1.807) is 19.4 Å². The highest BCUT2D eigenvalue weighted by Gasteiger charge is 2.34. The van der Waals surface area contributed by atoms with Gasteiger partial charge in [-0.25, -0.2) is 4.39 Å². The fraction of sp³-hybridized carbons (Fsp3) is 0.565. The molecule has 1 saturated heterocycles. The first-order valence-corrected chi connectivity index (χ1v) is 11.8. The zero-order valence-electron chi connectivity index (χ0n) is 17.7. The van der Waals surface area contributed by atoms with E-state index in [4.69, 9.17) is 4.74 Å². The first-order valence-electron chi connectivity index (χ1n) is 10.6. The normalized spacial score (nSPS) is 20.9. The number of carboxylic acids is 1. The zero-order chi connectivity index (χ0) is 21.5. The van der Waals surface area contributed by atoms with Crippen molar-refractivity contribution in [2.75, 3.05) is 38.2 Å². The van der Waals surface area contributed by atoms with Gasteiger partial charge in [0.1, 0.15) is 11.9 Å². The minimum Gasteiger partial charge on any atom is -0.497 e. The molecule has 1 aromatic heterocycles. The van der Waals surface area contributed by atoms with Crippen LogP contribution in [0, 0.1) is 11.8 Å². The van der Waals surface area contributed by atoms with Gasteiger partial charge in [0.25, 0.3) is 0 Å². The first kappa shape index (κ1) is 22.8. The number of aliphatic carboxylic acids is 1. The van der Waals surface area contributed by atoms with E-state index >= 15 is 4.39 Å². The number of piperidine rings is 1. The van der Waals surface area contributed by atoms with Crippen molar-refractivity contribution in [2.24, 2.45) is 11.8 Å². The lowest BCUT2D eigenvalue weighted by atomic mass is 9.81. The molecule has 30 heavy (non-hydrogen) atoms. The smallest absolute Gasteiger partial charge is 0.308 e. The molecule has 0 saturated carbocycles. The number of fused-ring (bicyclic) bond motifs is 1. The number of carbonyl (C=O) groups is 1. The van der Waals surface area contributed by atoms with Crippen molar-refractivity contribution in [1.82, 2.24) is 9.88 Å². The SMILES string of the molecule is CCSCCN1CC[C@@H](CC[C@H](F)c2ccnc3ccc(OC)cc23)[C@@H](C(=O)O)C1. The molecule has 0 radical (unpaired) electrons. The molecule has 7 heteroatoms. The molecule has 0 bridgehead atoms. The van der Waals surface area contributed by atoms with E-state index in [0.717, 1.165) is 41.9 Å². The standard InChI is InChI=1S/C23H31FN2O3S/c1-3-30-13-12-26-11-9-16(20(15-26)23(27)28)4-6-21(24)18-8-10-25-22-7-5-17(29-2)14-19(18)22/h5,7-8,10,14,16,20-21H,3-4,6,9,11-13,15H2,1-2H3,(H,27,28)/t16-,20+,21+/m1/s1. The predicted molar refractivity (Wildman–Crippen MR) is 120 cm³/mol. The highest BCUT2D eigenvalue weighted by molar-refractivity contribution is 7.99. The summed E-state index contributed by atoms with van der Waals surface area (Å²) in [5.41, 5.74) is 1.33. The Labute approximate surface area is 182 Å². The van der Waals surface area contributed by atoms with Crippen LogP contribution in [0.15, 0.2) is 30.5 Å². The minimum atomic E-state index is -1.16. The number of halogens is 1. The van der Waals surface area contributed by atoms with Crippen molar-refractivity contribution in [3.63, 3.8) is 0 Å². The summed E-state index contributed by atoms with van der Waals surface area (Å²) >= 11 is 1.87. The summed E-state index contributed by atoms with van der Waals surface area (Å²) in [5, 5.41) is 10.5. The molecule has 5 nitrogen and oxygen atoms in total. The Bertz CT molecular complexity index is 850. The van der Waals surface area contributed by atoms with Crippen LogP contribution in [0.2, 0.25) is 0 Å². The maximum atomic E-state index is 15.2. The molecule has 164 valence electrons. The van der Waals surface area contributed by atoms with Crippen molar-refractivity contribution in [1.29, 1.82) is 0 Å². The first-order chi connectivity index (χ1) is 14.5. The fourth-order valence-electron chi connectivity index (χ4n) is 4.30. The van der Waals surface area contributed by atoms with Gasteiger partial charge in [-0.15, -0.1) is 0 Å². The molecular weight excluding hydrogens is 403 g/mol. The third-order valence-electron chi connectivity index (χ3n) is 6.02. The van der Waals surface area contributed by atoms with E-state index in [-0.39, 0.29) is 5.92 Å². The summed E-state index contributed by atoms with van der Waals surface area (Å²) in [6.07, 6.45) is 2.17. The Morgan fingerprint density at radius 2 is 2.27 bits per heavy atom. The number of rotatable bonds is 10. The van der Waals surface area contributed by atoms with Crippen LogP contribution >= 0.6 is 11.8 Å². The number of hydrogen-bond donors (Lipinski definition) is 1. The van der Waals surface area contributed by atoms with Gasteiger partial charge in [0, 0.05) is 30.4 Å². The molecule has 1 aliphatic heterocycles. The van der Waals surface area contributed by atoms with Crippen molar-refractivity contribution in [3.05, 3.63) is 36.0 Å². The Morgan fingerprint density at radius 1 is 1.43 bits per heavy atom. The summed E-state index contributed by atoms with van der Waals surface area (Å²) in [6, 6.07) is 7.18. The number of methoxy groups -OCH3 is 1. The second-order valence-electron chi connectivity index (χ2n) is 7.82. The van der Waals surface area contributed by atoms with E-state index in [9.17, 15) is 9.90 Å². The largest absolute Gasteiger partial charge is 0.497 e. The predicted octanol–water partition coefficient (Wildman–Crippen LogP) is 4.81. The molecule has 0 amide bonds. The Kier molecular flexibility index (Phi) is 8.33. The zero-order valence-corrected chi connectivity index (χ0v) is 18.5. The van der Waals surface area contributed by atoms with Crippen LogP contribution in [0.25, 0.3) is 10.9 Å². The molecule has 2 aromatic rings. The van der Waals surface area contributed by atoms with E-state index < -0.39 is 18.1 Å². The van der Waals surface area contributed by atoms with E-state index in [1.165, 1.54) is 0 Å². The number of ether oxygens (including phenoxy) is 1. The lowest BCUT2D eigenvalue weighted by Gasteiger charge is -2.36. The molecule has 3 rings (SSSR count). The van der Waals surface area contributed by atoms with Gasteiger partial charge < -0.3 is 14.7 Å². The Hall–Kier alpha value is -1.86. The number of hydrogen-bond acceptors (Lipinski definition) is 5. The number of pyridine rings is 1. The van der Waals surface area contributed by atoms with Gasteiger partial charge in [0.05, 0.1) is 18.5 Å². The molecule has 0 unspecified atom stereocenters. The topological polar surface area (TPSA) is 62.7 Å². The molecule has 0 spiro atoms. The van der Waals surface area contributed by atoms with Gasteiger partial charge in [-0.1, -0.05) is 6.92 Å². The van der Waals surface area contributed by atoms with Crippen LogP contribution in [0.4, 0.5) is 4.39 Å². The minimum absolute atomic E-state index is 0.0125. The third-order valence-corrected chi connectivity index (χ3v) is 6.90. The number of likely N-dealkylation sites (tertiary alicyclic amines) is 1. The summed E-state index contributed by atoms with van der Waals surface area (Å²) in [4.78, 5) is 18.4. The maximum absolute atomic E-state index is 15.2. The van der Waals surface area contributed by atoms with Crippen molar-refractivity contribution < 1.29 is 19.0 Å². The summed E-state index contributed by atoms with van der Waals surface area (Å²) in [5.74, 6) is 1.60. The molecule has 1 aromatic carbocycles. The highest BCUT2D eigenvalue weighted by atomic mass is 32.2. The molecule has 1 fully saturated rings. The average molecular weight is 435 g/mol. The molecule has 0 aliphatic carbocycles.